The van der Waals surface area contributed by atoms with Gasteiger partial charge < -0.3 is 15.7 Å². The molecule has 4 aromatic rings. The molecule has 0 radical (unpaired) electrons. The van der Waals surface area contributed by atoms with Crippen molar-refractivity contribution in [3.8, 4) is 0 Å². The molecule has 4 rings (SSSR count). The molecular weight excluding hydrogens is 502 g/mol. The van der Waals surface area contributed by atoms with Crippen LogP contribution in [0.15, 0.2) is 78.9 Å². The molecule has 0 fully saturated rings. The molecule has 0 spiro atoms. The number of aryl methyl sites for hydroxylation is 1. The molecule has 37 heavy (non-hydrogen) atoms. The summed E-state index contributed by atoms with van der Waals surface area (Å²) >= 11 is 6.37. The predicted molar refractivity (Wildman–Crippen MR) is 137 cm³/mol. The number of nitrogens with one attached hydrogen (secondary N) is 2. The van der Waals surface area contributed by atoms with Crippen molar-refractivity contribution in [2.75, 3.05) is 10.6 Å². The van der Waals surface area contributed by atoms with E-state index in [1.165, 1.54) is 54.6 Å². The Kier molecular flexibility index (Phi) is 7.31. The van der Waals surface area contributed by atoms with Crippen molar-refractivity contribution in [3.05, 3.63) is 123 Å². The average molecular weight is 521 g/mol. The first-order valence-corrected chi connectivity index (χ1v) is 11.3. The topological polar surface area (TPSA) is 95.5 Å². The van der Waals surface area contributed by atoms with Gasteiger partial charge in [-0.1, -0.05) is 17.7 Å². The summed E-state index contributed by atoms with van der Waals surface area (Å²) in [5.41, 5.74) is 2.21. The highest BCUT2D eigenvalue weighted by atomic mass is 35.5. The van der Waals surface area contributed by atoms with E-state index in [1.807, 2.05) is 0 Å². The van der Waals surface area contributed by atoms with E-state index in [2.05, 4.69) is 10.6 Å². The van der Waals surface area contributed by atoms with Crippen LogP contribution in [0.5, 0.6) is 0 Å². The number of carboxylic acids is 1. The average Bonchev–Trinajstić information content (AvgIpc) is 2.86. The second kappa shape index (κ2) is 10.6. The van der Waals surface area contributed by atoms with Crippen molar-refractivity contribution in [1.29, 1.82) is 0 Å². The Labute approximate surface area is 215 Å². The number of carbonyl (C=O) groups is 3. The van der Waals surface area contributed by atoms with Gasteiger partial charge in [0.1, 0.15) is 11.6 Å². The molecule has 0 atom stereocenters. The molecule has 4 aromatic carbocycles. The second-order valence-electron chi connectivity index (χ2n) is 8.14. The van der Waals surface area contributed by atoms with Crippen LogP contribution >= 0.6 is 11.6 Å². The van der Waals surface area contributed by atoms with Crippen LogP contribution in [0.4, 0.5) is 25.8 Å². The Bertz CT molecular complexity index is 1540. The highest BCUT2D eigenvalue weighted by Gasteiger charge is 2.18. The van der Waals surface area contributed by atoms with Crippen LogP contribution in [0.1, 0.15) is 42.2 Å². The zero-order chi connectivity index (χ0) is 26.7. The molecule has 186 valence electrons. The number of carbonyl (C=O) groups excluding carboxylic acids is 2. The van der Waals surface area contributed by atoms with Crippen molar-refractivity contribution in [3.63, 3.8) is 0 Å². The van der Waals surface area contributed by atoms with Crippen LogP contribution in [-0.4, -0.2) is 22.8 Å². The van der Waals surface area contributed by atoms with Crippen molar-refractivity contribution < 1.29 is 28.3 Å². The molecule has 1 amide bonds. The molecule has 0 aliphatic rings. The minimum Gasteiger partial charge on any atom is -0.478 e. The summed E-state index contributed by atoms with van der Waals surface area (Å²) in [6.07, 6.45) is 0. The summed E-state index contributed by atoms with van der Waals surface area (Å²) in [4.78, 5) is 37.0. The molecule has 0 unspecified atom stereocenters. The number of halogens is 3. The number of hydrogen-bond acceptors (Lipinski definition) is 4. The summed E-state index contributed by atoms with van der Waals surface area (Å²) in [7, 11) is 0. The monoisotopic (exact) mass is 520 g/mol. The lowest BCUT2D eigenvalue weighted by Crippen LogP contribution is -2.14. The summed E-state index contributed by atoms with van der Waals surface area (Å²) in [5.74, 6) is -3.46. The van der Waals surface area contributed by atoms with Crippen molar-refractivity contribution in [2.24, 2.45) is 0 Å². The van der Waals surface area contributed by atoms with Gasteiger partial charge in [-0.15, -0.1) is 0 Å². The van der Waals surface area contributed by atoms with Gasteiger partial charge in [0.25, 0.3) is 5.91 Å². The van der Waals surface area contributed by atoms with Gasteiger partial charge in [0.05, 0.1) is 16.3 Å². The van der Waals surface area contributed by atoms with Gasteiger partial charge in [-0.25, -0.2) is 13.6 Å². The Balaban J connectivity index is 1.54. The standard InChI is InChI=1S/C28H19ClF2N2O4/c1-15-2-3-17(27(35)33-19-7-4-16(5-8-19)28(36)37)12-22(15)26(34)21-10-9-20(14-23(21)29)32-25-11-6-18(30)13-24(25)31/h2-14,32H,1H3,(H,33,35)(H,36,37). The first kappa shape index (κ1) is 25.5. The van der Waals surface area contributed by atoms with E-state index >= 15 is 0 Å². The minimum atomic E-state index is -1.08. The molecule has 6 nitrogen and oxygen atoms in total. The molecular formula is C28H19ClF2N2O4. The Hall–Kier alpha value is -4.56. The SMILES string of the molecule is Cc1ccc(C(=O)Nc2ccc(C(=O)O)cc2)cc1C(=O)c1ccc(Nc2ccc(F)cc2F)cc1Cl. The van der Waals surface area contributed by atoms with Crippen LogP contribution in [0.25, 0.3) is 0 Å². The maximum absolute atomic E-state index is 14.0. The number of amides is 1. The van der Waals surface area contributed by atoms with Crippen molar-refractivity contribution in [2.45, 2.75) is 6.92 Å². The Morgan fingerprint density at radius 1 is 0.784 bits per heavy atom. The van der Waals surface area contributed by atoms with Crippen LogP contribution in [0.3, 0.4) is 0 Å². The quantitative estimate of drug-likeness (QED) is 0.232. The van der Waals surface area contributed by atoms with Gasteiger partial charge in [0.2, 0.25) is 0 Å². The Morgan fingerprint density at radius 3 is 2.11 bits per heavy atom. The van der Waals surface area contributed by atoms with E-state index in [0.29, 0.717) is 16.9 Å². The van der Waals surface area contributed by atoms with Crippen LogP contribution in [-0.2, 0) is 0 Å². The molecule has 0 heterocycles. The second-order valence-corrected chi connectivity index (χ2v) is 8.55. The number of benzene rings is 4. The highest BCUT2D eigenvalue weighted by molar-refractivity contribution is 6.35. The Morgan fingerprint density at radius 2 is 1.46 bits per heavy atom. The van der Waals surface area contributed by atoms with Gasteiger partial charge in [-0.3, -0.25) is 9.59 Å². The normalized spacial score (nSPS) is 10.6. The first-order valence-electron chi connectivity index (χ1n) is 10.9. The molecule has 0 aromatic heterocycles. The summed E-state index contributed by atoms with van der Waals surface area (Å²) < 4.78 is 27.1. The fourth-order valence-electron chi connectivity index (χ4n) is 3.58. The molecule has 0 bridgehead atoms. The fourth-order valence-corrected chi connectivity index (χ4v) is 3.84. The number of anilines is 3. The highest BCUT2D eigenvalue weighted by Crippen LogP contribution is 2.28. The van der Waals surface area contributed by atoms with Crippen molar-refractivity contribution >= 4 is 46.3 Å². The number of ketones is 1. The van der Waals surface area contributed by atoms with Crippen LogP contribution in [0, 0.1) is 18.6 Å². The molecule has 0 saturated heterocycles. The predicted octanol–water partition coefficient (Wildman–Crippen LogP) is 6.85. The molecule has 0 aliphatic heterocycles. The molecule has 3 N–H and O–H groups in total. The van der Waals surface area contributed by atoms with Crippen molar-refractivity contribution in [1.82, 2.24) is 0 Å². The lowest BCUT2D eigenvalue weighted by Gasteiger charge is -2.12. The van der Waals surface area contributed by atoms with E-state index in [1.54, 1.807) is 19.1 Å². The number of aromatic carboxylic acids is 1. The van der Waals surface area contributed by atoms with Gasteiger partial charge in [0, 0.05) is 34.1 Å². The number of carboxylic acid groups (broad SMARTS) is 1. The number of rotatable bonds is 7. The smallest absolute Gasteiger partial charge is 0.335 e. The van der Waals surface area contributed by atoms with Crippen LogP contribution < -0.4 is 10.6 Å². The van der Waals surface area contributed by atoms with E-state index in [-0.39, 0.29) is 33.0 Å². The van der Waals surface area contributed by atoms with E-state index in [4.69, 9.17) is 16.7 Å². The zero-order valence-electron chi connectivity index (χ0n) is 19.3. The molecule has 0 saturated carbocycles. The fraction of sp³-hybridized carbons (Fsp3) is 0.0357. The van der Waals surface area contributed by atoms with E-state index in [9.17, 15) is 23.2 Å². The van der Waals surface area contributed by atoms with Gasteiger partial charge in [-0.2, -0.15) is 0 Å². The molecule has 9 heteroatoms. The van der Waals surface area contributed by atoms with Gasteiger partial charge in [0.15, 0.2) is 5.78 Å². The first-order chi connectivity index (χ1) is 17.6. The third-order valence-corrected chi connectivity index (χ3v) is 5.87. The largest absolute Gasteiger partial charge is 0.478 e. The molecule has 0 aliphatic carbocycles. The van der Waals surface area contributed by atoms with E-state index < -0.39 is 29.3 Å². The summed E-state index contributed by atoms with van der Waals surface area (Å²) in [6, 6.07) is 17.9. The minimum absolute atomic E-state index is 0.0451. The number of hydrogen-bond donors (Lipinski definition) is 3. The zero-order valence-corrected chi connectivity index (χ0v) is 20.1. The van der Waals surface area contributed by atoms with Gasteiger partial charge >= 0.3 is 5.97 Å². The van der Waals surface area contributed by atoms with Crippen LogP contribution in [0.2, 0.25) is 5.02 Å². The summed E-state index contributed by atoms with van der Waals surface area (Å²) in [5, 5.41) is 14.6. The third kappa shape index (κ3) is 5.82. The summed E-state index contributed by atoms with van der Waals surface area (Å²) in [6.45, 7) is 1.72. The maximum atomic E-state index is 14.0. The maximum Gasteiger partial charge on any atom is 0.335 e. The van der Waals surface area contributed by atoms with E-state index in [0.717, 1.165) is 12.1 Å². The lowest BCUT2D eigenvalue weighted by molar-refractivity contribution is 0.0696. The van der Waals surface area contributed by atoms with Gasteiger partial charge in [-0.05, 0) is 79.2 Å². The third-order valence-electron chi connectivity index (χ3n) is 5.56. The lowest BCUT2D eigenvalue weighted by atomic mass is 9.96.